The van der Waals surface area contributed by atoms with Crippen LogP contribution in [-0.4, -0.2) is 32.6 Å². The summed E-state index contributed by atoms with van der Waals surface area (Å²) >= 11 is 0. The summed E-state index contributed by atoms with van der Waals surface area (Å²) in [7, 11) is -4.33. The van der Waals surface area contributed by atoms with Crippen LogP contribution in [0.15, 0.2) is 77.7 Å². The zero-order valence-corrected chi connectivity index (χ0v) is 19.4. The largest absolute Gasteiger partial charge is 0.492 e. The second-order valence-electron chi connectivity index (χ2n) is 7.41. The molecule has 0 aromatic heterocycles. The maximum absolute atomic E-state index is 13.0. The molecule has 0 saturated carbocycles. The fourth-order valence-corrected chi connectivity index (χ4v) is 4.48. The number of nitrogens with one attached hydrogen (secondary N) is 2. The molecule has 3 N–H and O–H groups in total. The summed E-state index contributed by atoms with van der Waals surface area (Å²) in [6.45, 7) is 1.27. The fourth-order valence-electron chi connectivity index (χ4n) is 3.30. The number of halogens is 3. The van der Waals surface area contributed by atoms with Gasteiger partial charge in [-0.05, 0) is 42.8 Å². The van der Waals surface area contributed by atoms with Gasteiger partial charge in [0, 0.05) is 17.4 Å². The highest BCUT2D eigenvalue weighted by Gasteiger charge is 2.31. The van der Waals surface area contributed by atoms with Crippen molar-refractivity contribution in [3.05, 3.63) is 83.9 Å². The molecule has 3 aromatic carbocycles. The van der Waals surface area contributed by atoms with Crippen molar-refractivity contribution in [2.45, 2.75) is 23.9 Å². The number of sulfonamides is 1. The predicted molar refractivity (Wildman–Crippen MR) is 125 cm³/mol. The molecular formula is C24H23F3N2O5S. The monoisotopic (exact) mass is 508 g/mol. The average Bonchev–Trinajstić information content (AvgIpc) is 2.80. The van der Waals surface area contributed by atoms with Gasteiger partial charge in [0.1, 0.15) is 10.6 Å². The molecule has 7 nitrogen and oxygen atoms in total. The van der Waals surface area contributed by atoms with Crippen molar-refractivity contribution >= 4 is 27.3 Å². The van der Waals surface area contributed by atoms with E-state index in [9.17, 15) is 31.5 Å². The minimum atomic E-state index is -4.63. The van der Waals surface area contributed by atoms with Crippen molar-refractivity contribution in [2.75, 3.05) is 23.3 Å². The van der Waals surface area contributed by atoms with Gasteiger partial charge in [-0.25, -0.2) is 8.42 Å². The van der Waals surface area contributed by atoms with E-state index in [1.165, 1.54) is 24.3 Å². The summed E-state index contributed by atoms with van der Waals surface area (Å²) in [6, 6.07) is 16.2. The highest BCUT2D eigenvalue weighted by molar-refractivity contribution is 7.92. The zero-order valence-electron chi connectivity index (χ0n) is 18.5. The molecule has 3 aromatic rings. The van der Waals surface area contributed by atoms with Crippen LogP contribution in [0.4, 0.5) is 24.5 Å². The average molecular weight is 509 g/mol. The number of ether oxygens (including phenoxy) is 1. The lowest BCUT2D eigenvalue weighted by Gasteiger charge is -2.17. The molecule has 3 rings (SSSR count). The third kappa shape index (κ3) is 6.52. The number of aliphatic hydroxyl groups excluding tert-OH is 1. The Morgan fingerprint density at radius 1 is 1.00 bits per heavy atom. The lowest BCUT2D eigenvalue weighted by atomic mass is 9.99. The standard InChI is InChI=1S/C24H23F3N2O5S/c1-2-34-21-14-18(28-23(31)20(15-30)16-7-4-3-5-8-16)11-12-22(21)35(32,33)29-19-10-6-9-17(13-19)24(25,26)27/h3-14,20,29-30H,2,15H2,1H3,(H,28,31)/t20-/m0/s1. The summed E-state index contributed by atoms with van der Waals surface area (Å²) in [5, 5.41) is 12.3. The van der Waals surface area contributed by atoms with E-state index in [-0.39, 0.29) is 28.6 Å². The van der Waals surface area contributed by atoms with Crippen LogP contribution >= 0.6 is 0 Å². The van der Waals surface area contributed by atoms with Gasteiger partial charge in [0.15, 0.2) is 0 Å². The van der Waals surface area contributed by atoms with Gasteiger partial charge in [0.05, 0.1) is 24.7 Å². The molecule has 0 spiro atoms. The number of anilines is 2. The van der Waals surface area contributed by atoms with Gasteiger partial charge in [-0.1, -0.05) is 36.4 Å². The summed E-state index contributed by atoms with van der Waals surface area (Å²) in [6.07, 6.45) is -4.63. The van der Waals surface area contributed by atoms with E-state index < -0.39 is 40.2 Å². The second kappa shape index (κ2) is 10.8. The number of benzene rings is 3. The topological polar surface area (TPSA) is 105 Å². The number of rotatable bonds is 9. The first kappa shape index (κ1) is 26.0. The molecule has 11 heteroatoms. The molecule has 0 saturated heterocycles. The molecule has 0 radical (unpaired) electrons. The van der Waals surface area contributed by atoms with Crippen LogP contribution in [0.25, 0.3) is 0 Å². The first-order valence-corrected chi connectivity index (χ1v) is 12.0. The van der Waals surface area contributed by atoms with Crippen molar-refractivity contribution in [3.63, 3.8) is 0 Å². The summed E-state index contributed by atoms with van der Waals surface area (Å²) in [5.74, 6) is -1.47. The number of carbonyl (C=O) groups excluding carboxylic acids is 1. The fraction of sp³-hybridized carbons (Fsp3) is 0.208. The van der Waals surface area contributed by atoms with Crippen molar-refractivity contribution in [2.24, 2.45) is 0 Å². The Kier molecular flexibility index (Phi) is 8.03. The quantitative estimate of drug-likeness (QED) is 0.391. The predicted octanol–water partition coefficient (Wildman–Crippen LogP) is 4.62. The molecule has 186 valence electrons. The van der Waals surface area contributed by atoms with Gasteiger partial charge in [0.2, 0.25) is 5.91 Å². The van der Waals surface area contributed by atoms with Crippen LogP contribution < -0.4 is 14.8 Å². The SMILES string of the molecule is CCOc1cc(NC(=O)[C@@H](CO)c2ccccc2)ccc1S(=O)(=O)Nc1cccc(C(F)(F)F)c1. The lowest BCUT2D eigenvalue weighted by molar-refractivity contribution is -0.137. The van der Waals surface area contributed by atoms with E-state index in [0.29, 0.717) is 11.6 Å². The number of carbonyl (C=O) groups is 1. The van der Waals surface area contributed by atoms with Crippen LogP contribution in [0.1, 0.15) is 24.0 Å². The third-order valence-electron chi connectivity index (χ3n) is 4.94. The van der Waals surface area contributed by atoms with E-state index in [1.807, 2.05) is 0 Å². The van der Waals surface area contributed by atoms with Crippen LogP contribution in [0, 0.1) is 0 Å². The molecule has 1 atom stereocenters. The molecule has 0 aliphatic rings. The Balaban J connectivity index is 1.87. The zero-order chi connectivity index (χ0) is 25.6. The Hall–Kier alpha value is -3.57. The van der Waals surface area contributed by atoms with Crippen LogP contribution in [0.5, 0.6) is 5.75 Å². The molecule has 1 amide bonds. The van der Waals surface area contributed by atoms with E-state index in [0.717, 1.165) is 12.1 Å². The number of alkyl halides is 3. The molecule has 0 fully saturated rings. The Labute approximate surface area is 200 Å². The maximum atomic E-state index is 13.0. The first-order chi connectivity index (χ1) is 16.5. The highest BCUT2D eigenvalue weighted by Crippen LogP contribution is 2.33. The number of aliphatic hydroxyl groups is 1. The minimum absolute atomic E-state index is 0.0900. The second-order valence-corrected chi connectivity index (χ2v) is 9.06. The lowest BCUT2D eigenvalue weighted by Crippen LogP contribution is -2.24. The third-order valence-corrected chi connectivity index (χ3v) is 6.36. The van der Waals surface area contributed by atoms with E-state index in [1.54, 1.807) is 37.3 Å². The molecule has 0 bridgehead atoms. The van der Waals surface area contributed by atoms with E-state index >= 15 is 0 Å². The van der Waals surface area contributed by atoms with Crippen molar-refractivity contribution < 1.29 is 36.2 Å². The van der Waals surface area contributed by atoms with Crippen LogP contribution in [-0.2, 0) is 21.0 Å². The molecule has 0 aliphatic carbocycles. The minimum Gasteiger partial charge on any atom is -0.492 e. The smallest absolute Gasteiger partial charge is 0.416 e. The van der Waals surface area contributed by atoms with Gasteiger partial charge in [-0.15, -0.1) is 0 Å². The van der Waals surface area contributed by atoms with E-state index in [2.05, 4.69) is 10.0 Å². The van der Waals surface area contributed by atoms with Crippen molar-refractivity contribution in [1.82, 2.24) is 0 Å². The van der Waals surface area contributed by atoms with Crippen molar-refractivity contribution in [1.29, 1.82) is 0 Å². The van der Waals surface area contributed by atoms with Gasteiger partial charge >= 0.3 is 6.18 Å². The molecular weight excluding hydrogens is 485 g/mol. The first-order valence-electron chi connectivity index (χ1n) is 10.5. The molecule has 0 heterocycles. The summed E-state index contributed by atoms with van der Waals surface area (Å²) in [5.41, 5.74) is -0.459. The summed E-state index contributed by atoms with van der Waals surface area (Å²) < 4.78 is 72.4. The normalized spacial score (nSPS) is 12.6. The van der Waals surface area contributed by atoms with Crippen LogP contribution in [0.3, 0.4) is 0 Å². The molecule has 35 heavy (non-hydrogen) atoms. The number of hydrogen-bond acceptors (Lipinski definition) is 5. The molecule has 0 unspecified atom stereocenters. The maximum Gasteiger partial charge on any atom is 0.416 e. The van der Waals surface area contributed by atoms with Gasteiger partial charge in [0.25, 0.3) is 10.0 Å². The van der Waals surface area contributed by atoms with Gasteiger partial charge in [-0.2, -0.15) is 13.2 Å². The number of amides is 1. The van der Waals surface area contributed by atoms with Gasteiger partial charge < -0.3 is 15.2 Å². The Morgan fingerprint density at radius 3 is 2.34 bits per heavy atom. The Bertz CT molecular complexity index is 1280. The van der Waals surface area contributed by atoms with Crippen LogP contribution in [0.2, 0.25) is 0 Å². The van der Waals surface area contributed by atoms with E-state index in [4.69, 9.17) is 4.74 Å². The van der Waals surface area contributed by atoms with Gasteiger partial charge in [-0.3, -0.25) is 9.52 Å². The van der Waals surface area contributed by atoms with Crippen molar-refractivity contribution in [3.8, 4) is 5.75 Å². The number of hydrogen-bond donors (Lipinski definition) is 3. The highest BCUT2D eigenvalue weighted by atomic mass is 32.2. The molecule has 0 aliphatic heterocycles. The summed E-state index contributed by atoms with van der Waals surface area (Å²) in [4.78, 5) is 12.4. The Morgan fingerprint density at radius 2 is 1.71 bits per heavy atom.